The van der Waals surface area contributed by atoms with E-state index < -0.39 is 0 Å². The molecule has 0 bridgehead atoms. The van der Waals surface area contributed by atoms with Crippen molar-refractivity contribution in [2.45, 2.75) is 12.8 Å². The number of amides is 1. The van der Waals surface area contributed by atoms with Crippen molar-refractivity contribution in [3.63, 3.8) is 0 Å². The van der Waals surface area contributed by atoms with Crippen LogP contribution < -0.4 is 15.4 Å². The van der Waals surface area contributed by atoms with Gasteiger partial charge in [-0.25, -0.2) is 0 Å². The average molecular weight is 278 g/mol. The maximum atomic E-state index is 11.7. The van der Waals surface area contributed by atoms with Crippen LogP contribution in [0.3, 0.4) is 0 Å². The van der Waals surface area contributed by atoms with Crippen molar-refractivity contribution in [2.75, 3.05) is 38.7 Å². The third-order valence-electron chi connectivity index (χ3n) is 3.42. The van der Waals surface area contributed by atoms with Gasteiger partial charge in [-0.1, -0.05) is 0 Å². The van der Waals surface area contributed by atoms with Crippen LogP contribution in [-0.2, 0) is 9.53 Å². The van der Waals surface area contributed by atoms with Crippen molar-refractivity contribution in [1.82, 2.24) is 5.32 Å². The molecule has 0 spiro atoms. The predicted molar refractivity (Wildman–Crippen MR) is 78.0 cm³/mol. The van der Waals surface area contributed by atoms with Gasteiger partial charge in [-0.05, 0) is 56.1 Å². The zero-order valence-corrected chi connectivity index (χ0v) is 11.9. The summed E-state index contributed by atoms with van der Waals surface area (Å²) in [6, 6.07) is 7.24. The van der Waals surface area contributed by atoms with Crippen LogP contribution in [0.1, 0.15) is 12.8 Å². The predicted octanol–water partition coefficient (Wildman–Crippen LogP) is 1.65. The van der Waals surface area contributed by atoms with E-state index in [1.807, 2.05) is 24.3 Å². The molecule has 1 heterocycles. The summed E-state index contributed by atoms with van der Waals surface area (Å²) in [5, 5.41) is 6.11. The number of rotatable bonds is 6. The van der Waals surface area contributed by atoms with Crippen molar-refractivity contribution in [2.24, 2.45) is 5.92 Å². The van der Waals surface area contributed by atoms with E-state index in [2.05, 4.69) is 10.6 Å². The number of carbonyl (C=O) groups excluding carboxylic acids is 1. The molecule has 1 saturated heterocycles. The zero-order valence-electron chi connectivity index (χ0n) is 11.9. The highest BCUT2D eigenvalue weighted by Gasteiger charge is 2.13. The number of carbonyl (C=O) groups is 1. The van der Waals surface area contributed by atoms with Gasteiger partial charge in [0.2, 0.25) is 5.91 Å². The van der Waals surface area contributed by atoms with Crippen LogP contribution in [0.15, 0.2) is 24.3 Å². The molecule has 1 aliphatic heterocycles. The van der Waals surface area contributed by atoms with Crippen molar-refractivity contribution in [1.29, 1.82) is 0 Å². The third-order valence-corrected chi connectivity index (χ3v) is 3.42. The monoisotopic (exact) mass is 278 g/mol. The van der Waals surface area contributed by atoms with Gasteiger partial charge in [0.25, 0.3) is 0 Å². The minimum atomic E-state index is -0.121. The van der Waals surface area contributed by atoms with E-state index in [-0.39, 0.29) is 12.5 Å². The summed E-state index contributed by atoms with van der Waals surface area (Å²) in [5.74, 6) is 1.22. The molecule has 0 aromatic heterocycles. The second-order valence-electron chi connectivity index (χ2n) is 4.99. The molecule has 1 fully saturated rings. The number of piperidine rings is 1. The highest BCUT2D eigenvalue weighted by Crippen LogP contribution is 2.15. The standard InChI is InChI=1S/C15H22N2O3/c1-19-14-4-2-13(3-5-14)17-15(18)11-20-10-12-6-8-16-9-7-12/h2-5,12,16H,6-11H2,1H3,(H,17,18). The molecule has 1 aromatic rings. The smallest absolute Gasteiger partial charge is 0.250 e. The van der Waals surface area contributed by atoms with Crippen LogP contribution in [0.2, 0.25) is 0 Å². The minimum Gasteiger partial charge on any atom is -0.497 e. The largest absolute Gasteiger partial charge is 0.497 e. The van der Waals surface area contributed by atoms with Gasteiger partial charge in [0.15, 0.2) is 0 Å². The molecule has 5 heteroatoms. The first-order valence-corrected chi connectivity index (χ1v) is 7.00. The lowest BCUT2D eigenvalue weighted by Gasteiger charge is -2.22. The Morgan fingerprint density at radius 2 is 2.00 bits per heavy atom. The van der Waals surface area contributed by atoms with Crippen LogP contribution >= 0.6 is 0 Å². The molecule has 1 aliphatic rings. The SMILES string of the molecule is COc1ccc(NC(=O)COCC2CCNCC2)cc1. The fourth-order valence-corrected chi connectivity index (χ4v) is 2.24. The lowest BCUT2D eigenvalue weighted by molar-refractivity contribution is -0.121. The number of benzene rings is 1. The maximum absolute atomic E-state index is 11.7. The van der Waals surface area contributed by atoms with Gasteiger partial charge in [-0.2, -0.15) is 0 Å². The summed E-state index contributed by atoms with van der Waals surface area (Å²) >= 11 is 0. The molecule has 0 aliphatic carbocycles. The number of methoxy groups -OCH3 is 1. The molecule has 1 amide bonds. The van der Waals surface area contributed by atoms with Gasteiger partial charge in [-0.3, -0.25) is 4.79 Å². The van der Waals surface area contributed by atoms with Crippen LogP contribution in [-0.4, -0.2) is 39.3 Å². The number of ether oxygens (including phenoxy) is 2. The zero-order chi connectivity index (χ0) is 14.2. The second-order valence-corrected chi connectivity index (χ2v) is 4.99. The second kappa shape index (κ2) is 7.87. The Kier molecular flexibility index (Phi) is 5.83. The molecular weight excluding hydrogens is 256 g/mol. The molecule has 0 atom stereocenters. The molecule has 2 rings (SSSR count). The van der Waals surface area contributed by atoms with Crippen molar-refractivity contribution in [3.8, 4) is 5.75 Å². The first-order chi connectivity index (χ1) is 9.78. The van der Waals surface area contributed by atoms with Gasteiger partial charge >= 0.3 is 0 Å². The number of anilines is 1. The Morgan fingerprint density at radius 1 is 1.30 bits per heavy atom. The first kappa shape index (κ1) is 14.8. The quantitative estimate of drug-likeness (QED) is 0.830. The molecule has 1 aromatic carbocycles. The van der Waals surface area contributed by atoms with Gasteiger partial charge in [0.05, 0.1) is 13.7 Å². The molecular formula is C15H22N2O3. The third kappa shape index (κ3) is 4.83. The average Bonchev–Trinajstić information content (AvgIpc) is 2.49. The van der Waals surface area contributed by atoms with Crippen LogP contribution in [0, 0.1) is 5.92 Å². The van der Waals surface area contributed by atoms with E-state index in [0.717, 1.165) is 37.4 Å². The number of nitrogens with one attached hydrogen (secondary N) is 2. The van der Waals surface area contributed by atoms with Gasteiger partial charge in [0, 0.05) is 5.69 Å². The van der Waals surface area contributed by atoms with E-state index in [4.69, 9.17) is 9.47 Å². The Labute approximate surface area is 119 Å². The Morgan fingerprint density at radius 3 is 2.65 bits per heavy atom. The van der Waals surface area contributed by atoms with Crippen LogP contribution in [0.25, 0.3) is 0 Å². The molecule has 0 unspecified atom stereocenters. The Balaban J connectivity index is 1.66. The Bertz CT molecular complexity index is 414. The van der Waals surface area contributed by atoms with E-state index in [1.165, 1.54) is 0 Å². The van der Waals surface area contributed by atoms with E-state index in [1.54, 1.807) is 7.11 Å². The highest BCUT2D eigenvalue weighted by molar-refractivity contribution is 5.91. The first-order valence-electron chi connectivity index (χ1n) is 7.00. The molecule has 2 N–H and O–H groups in total. The Hall–Kier alpha value is -1.59. The highest BCUT2D eigenvalue weighted by atomic mass is 16.5. The molecule has 20 heavy (non-hydrogen) atoms. The van der Waals surface area contributed by atoms with Gasteiger partial charge in [-0.15, -0.1) is 0 Å². The van der Waals surface area contributed by atoms with Crippen molar-refractivity contribution < 1.29 is 14.3 Å². The van der Waals surface area contributed by atoms with E-state index >= 15 is 0 Å². The molecule has 110 valence electrons. The fraction of sp³-hybridized carbons (Fsp3) is 0.533. The molecule has 5 nitrogen and oxygen atoms in total. The topological polar surface area (TPSA) is 59.6 Å². The summed E-state index contributed by atoms with van der Waals surface area (Å²) in [7, 11) is 1.61. The van der Waals surface area contributed by atoms with Gasteiger partial charge in [0.1, 0.15) is 12.4 Å². The molecule has 0 saturated carbocycles. The fourth-order valence-electron chi connectivity index (χ4n) is 2.24. The summed E-state index contributed by atoms with van der Waals surface area (Å²) in [4.78, 5) is 11.7. The minimum absolute atomic E-state index is 0.107. The summed E-state index contributed by atoms with van der Waals surface area (Å²) < 4.78 is 10.6. The van der Waals surface area contributed by atoms with Crippen LogP contribution in [0.4, 0.5) is 5.69 Å². The lowest BCUT2D eigenvalue weighted by atomic mass is 9.99. The van der Waals surface area contributed by atoms with E-state index in [9.17, 15) is 4.79 Å². The number of hydrogen-bond acceptors (Lipinski definition) is 4. The number of hydrogen-bond donors (Lipinski definition) is 2. The van der Waals surface area contributed by atoms with Gasteiger partial charge < -0.3 is 20.1 Å². The maximum Gasteiger partial charge on any atom is 0.250 e. The lowest BCUT2D eigenvalue weighted by Crippen LogP contribution is -2.30. The summed E-state index contributed by atoms with van der Waals surface area (Å²) in [6.45, 7) is 2.87. The van der Waals surface area contributed by atoms with Crippen molar-refractivity contribution in [3.05, 3.63) is 24.3 Å². The summed E-state index contributed by atoms with van der Waals surface area (Å²) in [6.07, 6.45) is 2.25. The van der Waals surface area contributed by atoms with E-state index in [0.29, 0.717) is 12.5 Å². The normalized spacial score (nSPS) is 15.8. The summed E-state index contributed by atoms with van der Waals surface area (Å²) in [5.41, 5.74) is 0.751. The van der Waals surface area contributed by atoms with Crippen LogP contribution in [0.5, 0.6) is 5.75 Å². The molecule has 0 radical (unpaired) electrons. The van der Waals surface area contributed by atoms with Crippen molar-refractivity contribution >= 4 is 11.6 Å².